The van der Waals surface area contributed by atoms with Crippen molar-refractivity contribution in [1.29, 1.82) is 0 Å². The minimum atomic E-state index is -5.08. The minimum Gasteiger partial charge on any atom is -0.475 e. The van der Waals surface area contributed by atoms with Crippen LogP contribution in [0.15, 0.2) is 53.1 Å². The second kappa shape index (κ2) is 21.1. The highest BCUT2D eigenvalue weighted by atomic mass is 19.4. The van der Waals surface area contributed by atoms with Gasteiger partial charge in [0.05, 0.1) is 6.54 Å². The molecule has 4 N–H and O–H groups in total. The lowest BCUT2D eigenvalue weighted by atomic mass is 9.97. The molecule has 1 saturated heterocycles. The number of aromatic nitrogens is 2. The average molecular weight is 802 g/mol. The van der Waals surface area contributed by atoms with Crippen molar-refractivity contribution in [3.05, 3.63) is 71.0 Å². The Morgan fingerprint density at radius 3 is 1.71 bits per heavy atom. The van der Waals surface area contributed by atoms with Gasteiger partial charge in [-0.05, 0) is 68.2 Å². The third-order valence-corrected chi connectivity index (χ3v) is 7.59. The second-order valence-electron chi connectivity index (χ2n) is 11.7. The summed E-state index contributed by atoms with van der Waals surface area (Å²) in [5, 5.41) is 29.0. The Kier molecular flexibility index (Phi) is 17.7. The molecule has 1 fully saturated rings. The summed E-state index contributed by atoms with van der Waals surface area (Å²) in [4.78, 5) is 48.8. The molecule has 304 valence electrons. The zero-order valence-corrected chi connectivity index (χ0v) is 28.7. The molecule has 13 nitrogen and oxygen atoms in total. The Bertz CT molecular complexity index is 1640. The van der Waals surface area contributed by atoms with E-state index in [4.69, 9.17) is 34.2 Å². The van der Waals surface area contributed by atoms with E-state index in [0.29, 0.717) is 18.9 Å². The third kappa shape index (κ3) is 17.3. The lowest BCUT2D eigenvalue weighted by Crippen LogP contribution is -2.46. The molecule has 0 saturated carbocycles. The van der Waals surface area contributed by atoms with Crippen LogP contribution < -0.4 is 5.32 Å². The summed E-state index contributed by atoms with van der Waals surface area (Å²) in [6.45, 7) is 7.65. The van der Waals surface area contributed by atoms with Gasteiger partial charge in [-0.3, -0.25) is 9.69 Å². The van der Waals surface area contributed by atoms with Gasteiger partial charge in [0, 0.05) is 43.7 Å². The molecule has 2 aliphatic rings. The Balaban J connectivity index is 0.000000408. The van der Waals surface area contributed by atoms with Gasteiger partial charge in [-0.25, -0.2) is 14.4 Å². The highest BCUT2D eigenvalue weighted by Gasteiger charge is 2.39. The first-order valence-corrected chi connectivity index (χ1v) is 16.2. The predicted molar refractivity (Wildman–Crippen MR) is 173 cm³/mol. The van der Waals surface area contributed by atoms with Gasteiger partial charge in [-0.1, -0.05) is 35.5 Å². The van der Waals surface area contributed by atoms with E-state index in [1.54, 1.807) is 0 Å². The monoisotopic (exact) mass is 801 g/mol. The Hall–Kier alpha value is -5.09. The highest BCUT2D eigenvalue weighted by molar-refractivity contribution is 5.96. The molecular formula is C33H36F9N5O8. The number of carboxylic acid groups (broad SMARTS) is 3. The van der Waals surface area contributed by atoms with E-state index in [-0.39, 0.29) is 5.78 Å². The minimum absolute atomic E-state index is 0.268. The first-order valence-electron chi connectivity index (χ1n) is 16.2. The van der Waals surface area contributed by atoms with Crippen LogP contribution in [0.3, 0.4) is 0 Å². The molecule has 2 aliphatic heterocycles. The van der Waals surface area contributed by atoms with Crippen molar-refractivity contribution in [2.75, 3.05) is 45.8 Å². The standard InChI is InChI=1S/C27H33N5O2.3C2HF3O2/c33-25(24-9-8-21-10-12-28-13-11-23(21)19-24)7-4-14-31-15-17-32(18-16-31)20-26-29-27(34-30-26)22-5-2-1-3-6-22;3*3-2(4,5)1(6)7/h1-3,5-6,8-9,19,28H,4,7,10-18,20H2;3*(H,6,7). The SMILES string of the molecule is O=C(CCCN1CCN(Cc2noc(-c3ccccc3)n2)CC1)c1ccc2c(c1)CCNCC2.O=C(O)C(F)(F)F.O=C(O)C(F)(F)F.O=C(O)C(F)(F)F. The molecule has 0 amide bonds. The molecule has 0 spiro atoms. The maximum absolute atomic E-state index is 12.8. The molecule has 2 aromatic carbocycles. The number of fused-ring (bicyclic) bond motifs is 1. The van der Waals surface area contributed by atoms with Gasteiger partial charge in [0.25, 0.3) is 5.89 Å². The number of piperazine rings is 1. The fourth-order valence-corrected chi connectivity index (χ4v) is 4.84. The van der Waals surface area contributed by atoms with Gasteiger partial charge >= 0.3 is 36.4 Å². The van der Waals surface area contributed by atoms with Gasteiger partial charge in [0.2, 0.25) is 0 Å². The van der Waals surface area contributed by atoms with Crippen molar-refractivity contribution in [2.45, 2.75) is 50.8 Å². The van der Waals surface area contributed by atoms with Gasteiger partial charge in [-0.2, -0.15) is 44.5 Å². The van der Waals surface area contributed by atoms with Crippen molar-refractivity contribution < 1.29 is 78.5 Å². The number of ketones is 1. The summed E-state index contributed by atoms with van der Waals surface area (Å²) in [7, 11) is 0. The van der Waals surface area contributed by atoms with Crippen LogP contribution in [0.4, 0.5) is 39.5 Å². The molecule has 0 atom stereocenters. The predicted octanol–water partition coefficient (Wildman–Crippen LogP) is 5.11. The molecule has 0 bridgehead atoms. The Morgan fingerprint density at radius 1 is 0.709 bits per heavy atom. The summed E-state index contributed by atoms with van der Waals surface area (Å²) in [6.07, 6.45) is -11.7. The first kappa shape index (κ1) is 46.1. The van der Waals surface area contributed by atoms with E-state index in [9.17, 15) is 44.3 Å². The summed E-state index contributed by atoms with van der Waals surface area (Å²) < 4.78 is 101. The van der Waals surface area contributed by atoms with Crippen LogP contribution in [0, 0.1) is 0 Å². The number of rotatable bonds is 8. The number of hydrogen-bond acceptors (Lipinski definition) is 10. The van der Waals surface area contributed by atoms with E-state index in [1.807, 2.05) is 36.4 Å². The Labute approximate surface area is 306 Å². The van der Waals surface area contributed by atoms with E-state index in [1.165, 1.54) is 11.1 Å². The number of carboxylic acids is 3. The van der Waals surface area contributed by atoms with E-state index >= 15 is 0 Å². The zero-order chi connectivity index (χ0) is 41.4. The Morgan fingerprint density at radius 2 is 1.20 bits per heavy atom. The van der Waals surface area contributed by atoms with Crippen molar-refractivity contribution in [3.63, 3.8) is 0 Å². The molecule has 3 heterocycles. The molecule has 0 radical (unpaired) electrons. The topological polar surface area (TPSA) is 186 Å². The lowest BCUT2D eigenvalue weighted by Gasteiger charge is -2.33. The lowest BCUT2D eigenvalue weighted by molar-refractivity contribution is -0.193. The van der Waals surface area contributed by atoms with Crippen LogP contribution in [-0.2, 0) is 33.8 Å². The zero-order valence-electron chi connectivity index (χ0n) is 28.7. The number of Topliss-reactive ketones (excluding diaryl/α,β-unsaturated/α-hetero) is 1. The number of alkyl halides is 9. The summed E-state index contributed by atoms with van der Waals surface area (Å²) >= 11 is 0. The van der Waals surface area contributed by atoms with Crippen LogP contribution in [0.2, 0.25) is 0 Å². The summed E-state index contributed by atoms with van der Waals surface area (Å²) in [6, 6.07) is 16.2. The number of nitrogens with one attached hydrogen (secondary N) is 1. The fraction of sp³-hybridized carbons (Fsp3) is 0.455. The van der Waals surface area contributed by atoms with Crippen molar-refractivity contribution in [1.82, 2.24) is 25.3 Å². The van der Waals surface area contributed by atoms with Crippen LogP contribution in [0.5, 0.6) is 0 Å². The van der Waals surface area contributed by atoms with Crippen LogP contribution >= 0.6 is 0 Å². The normalized spacial score (nSPS) is 15.0. The van der Waals surface area contributed by atoms with Crippen molar-refractivity contribution in [3.8, 4) is 11.5 Å². The average Bonchev–Trinajstić information content (AvgIpc) is 3.44. The third-order valence-electron chi connectivity index (χ3n) is 7.59. The molecule has 22 heteroatoms. The van der Waals surface area contributed by atoms with Crippen molar-refractivity contribution >= 4 is 23.7 Å². The van der Waals surface area contributed by atoms with Gasteiger partial charge in [0.15, 0.2) is 11.6 Å². The number of benzene rings is 2. The number of halogens is 9. The molecule has 55 heavy (non-hydrogen) atoms. The largest absolute Gasteiger partial charge is 0.490 e. The van der Waals surface area contributed by atoms with Gasteiger partial charge in [0.1, 0.15) is 0 Å². The number of nitrogens with zero attached hydrogens (tertiary/aromatic N) is 4. The maximum Gasteiger partial charge on any atom is 0.490 e. The van der Waals surface area contributed by atoms with Gasteiger partial charge < -0.3 is 30.1 Å². The highest BCUT2D eigenvalue weighted by Crippen LogP contribution is 2.19. The van der Waals surface area contributed by atoms with Crippen molar-refractivity contribution in [2.24, 2.45) is 0 Å². The fourth-order valence-electron chi connectivity index (χ4n) is 4.84. The molecule has 1 aromatic heterocycles. The van der Waals surface area contributed by atoms with E-state index in [2.05, 4.69) is 37.4 Å². The second-order valence-corrected chi connectivity index (χ2v) is 11.7. The van der Waals surface area contributed by atoms with Crippen LogP contribution in [0.25, 0.3) is 11.5 Å². The number of aliphatic carboxylic acids is 3. The van der Waals surface area contributed by atoms with Crippen LogP contribution in [-0.4, -0.2) is 123 Å². The molecule has 0 unspecified atom stereocenters. The van der Waals surface area contributed by atoms with E-state index < -0.39 is 36.4 Å². The molecule has 0 aliphatic carbocycles. The first-order chi connectivity index (χ1) is 25.6. The smallest absolute Gasteiger partial charge is 0.475 e. The summed E-state index contributed by atoms with van der Waals surface area (Å²) in [5.74, 6) is -6.70. The van der Waals surface area contributed by atoms with Crippen LogP contribution in [0.1, 0.15) is 40.2 Å². The number of carbonyl (C=O) groups is 4. The molecular weight excluding hydrogens is 765 g/mol. The van der Waals surface area contributed by atoms with Gasteiger partial charge in [-0.15, -0.1) is 0 Å². The number of hydrogen-bond donors (Lipinski definition) is 4. The van der Waals surface area contributed by atoms with E-state index in [0.717, 1.165) is 82.0 Å². The maximum atomic E-state index is 12.8. The summed E-state index contributed by atoms with van der Waals surface area (Å²) in [5.41, 5.74) is 4.55. The molecule has 5 rings (SSSR count). The molecule has 3 aromatic rings. The quantitative estimate of drug-likeness (QED) is 0.174. The number of carbonyl (C=O) groups excluding carboxylic acids is 1.